The van der Waals surface area contributed by atoms with Crippen molar-refractivity contribution in [2.24, 2.45) is 0 Å². The van der Waals surface area contributed by atoms with E-state index in [0.717, 1.165) is 24.1 Å². The van der Waals surface area contributed by atoms with Crippen LogP contribution in [0.1, 0.15) is 22.4 Å². The van der Waals surface area contributed by atoms with Gasteiger partial charge in [-0.05, 0) is 43.0 Å². The Hall–Kier alpha value is -1.68. The van der Waals surface area contributed by atoms with Crippen LogP contribution in [0.3, 0.4) is 0 Å². The topological polar surface area (TPSA) is 62.8 Å². The molecule has 1 aromatic heterocycles. The first-order valence-corrected chi connectivity index (χ1v) is 6.41. The number of benzene rings is 1. The number of hydrogen-bond acceptors (Lipinski definition) is 4. The van der Waals surface area contributed by atoms with Gasteiger partial charge in [-0.3, -0.25) is 0 Å². The maximum absolute atomic E-state index is 7.25. The predicted molar refractivity (Wildman–Crippen MR) is 73.0 cm³/mol. The van der Waals surface area contributed by atoms with Crippen LogP contribution < -0.4 is 5.73 Å². The molecule has 2 aromatic rings. The van der Waals surface area contributed by atoms with Gasteiger partial charge < -0.3 is 11.1 Å². The third-order valence-electron chi connectivity index (χ3n) is 2.83. The summed E-state index contributed by atoms with van der Waals surface area (Å²) in [6, 6.07) is 3.95. The number of aromatic nitrogens is 1. The van der Waals surface area contributed by atoms with Crippen molar-refractivity contribution in [2.45, 2.75) is 19.8 Å². The lowest BCUT2D eigenvalue weighted by molar-refractivity contribution is 0.918. The molecule has 4 heteroatoms. The van der Waals surface area contributed by atoms with E-state index in [9.17, 15) is 0 Å². The zero-order valence-electron chi connectivity index (χ0n) is 9.73. The van der Waals surface area contributed by atoms with Gasteiger partial charge in [0.2, 0.25) is 0 Å². The lowest BCUT2D eigenvalue weighted by atomic mass is 9.99. The number of aryl methyl sites for hydroxylation is 3. The number of nitrogens with two attached hydrogens (primary N) is 1. The summed E-state index contributed by atoms with van der Waals surface area (Å²) in [6.07, 6.45) is 3.18. The molecule has 1 heterocycles. The van der Waals surface area contributed by atoms with Crippen LogP contribution >= 0.6 is 11.3 Å². The monoisotopic (exact) mass is 245 g/mol. The fraction of sp³-hybridized carbons (Fsp3) is 0.231. The van der Waals surface area contributed by atoms with Crippen molar-refractivity contribution in [3.05, 3.63) is 45.4 Å². The van der Waals surface area contributed by atoms with Crippen molar-refractivity contribution in [1.29, 1.82) is 5.41 Å². The van der Waals surface area contributed by atoms with Gasteiger partial charge in [0.15, 0.2) is 0 Å². The third-order valence-corrected chi connectivity index (χ3v) is 3.47. The van der Waals surface area contributed by atoms with E-state index < -0.39 is 0 Å². The maximum atomic E-state index is 7.25. The minimum absolute atomic E-state index is 0.680. The van der Waals surface area contributed by atoms with Gasteiger partial charge >= 0.3 is 0 Å². The highest BCUT2D eigenvalue weighted by molar-refractivity contribution is 7.07. The molecule has 0 saturated carbocycles. The Morgan fingerprint density at radius 1 is 1.41 bits per heavy atom. The Bertz CT molecular complexity index is 518. The Labute approximate surface area is 105 Å². The molecule has 0 spiro atoms. The highest BCUT2D eigenvalue weighted by atomic mass is 32.1. The van der Waals surface area contributed by atoms with Gasteiger partial charge in [0, 0.05) is 22.8 Å². The summed E-state index contributed by atoms with van der Waals surface area (Å²) in [5, 5.41) is 9.33. The minimum Gasteiger partial charge on any atom is -0.398 e. The van der Waals surface area contributed by atoms with E-state index in [4.69, 9.17) is 11.1 Å². The van der Waals surface area contributed by atoms with E-state index in [0.29, 0.717) is 5.69 Å². The molecule has 0 amide bonds. The normalized spacial score (nSPS) is 10.4. The van der Waals surface area contributed by atoms with Gasteiger partial charge in [-0.25, -0.2) is 4.98 Å². The molecule has 0 bridgehead atoms. The summed E-state index contributed by atoms with van der Waals surface area (Å²) in [6.45, 7) is 2.06. The molecular formula is C13H15N3S. The van der Waals surface area contributed by atoms with E-state index >= 15 is 0 Å². The van der Waals surface area contributed by atoms with Crippen LogP contribution in [0.5, 0.6) is 0 Å². The summed E-state index contributed by atoms with van der Waals surface area (Å²) < 4.78 is 0. The lowest BCUT2D eigenvalue weighted by Gasteiger charge is -2.08. The molecule has 3 nitrogen and oxygen atoms in total. The Morgan fingerprint density at radius 3 is 2.88 bits per heavy atom. The molecule has 0 saturated heterocycles. The second-order valence-corrected chi connectivity index (χ2v) is 4.75. The fourth-order valence-electron chi connectivity index (χ4n) is 1.81. The molecule has 2 rings (SSSR count). The first-order chi connectivity index (χ1) is 8.20. The summed E-state index contributed by atoms with van der Waals surface area (Å²) in [5.74, 6) is 0. The average Bonchev–Trinajstić information content (AvgIpc) is 2.82. The van der Waals surface area contributed by atoms with Crippen LogP contribution in [0.4, 0.5) is 5.69 Å². The molecule has 17 heavy (non-hydrogen) atoms. The second kappa shape index (κ2) is 5.10. The van der Waals surface area contributed by atoms with Gasteiger partial charge in [-0.15, -0.1) is 11.3 Å². The van der Waals surface area contributed by atoms with Crippen molar-refractivity contribution in [3.63, 3.8) is 0 Å². The Morgan fingerprint density at radius 2 is 2.24 bits per heavy atom. The fourth-order valence-corrected chi connectivity index (χ4v) is 2.41. The molecule has 88 valence electrons. The smallest absolute Gasteiger partial charge is 0.0794 e. The van der Waals surface area contributed by atoms with Crippen molar-refractivity contribution >= 4 is 23.2 Å². The van der Waals surface area contributed by atoms with E-state index in [-0.39, 0.29) is 0 Å². The number of thiazole rings is 1. The van der Waals surface area contributed by atoms with Crippen molar-refractivity contribution in [1.82, 2.24) is 4.98 Å². The lowest BCUT2D eigenvalue weighted by Crippen LogP contribution is -2.00. The highest BCUT2D eigenvalue weighted by Crippen LogP contribution is 2.19. The van der Waals surface area contributed by atoms with Crippen LogP contribution in [0.15, 0.2) is 23.0 Å². The molecule has 0 unspecified atom stereocenters. The summed E-state index contributed by atoms with van der Waals surface area (Å²) in [7, 11) is 0. The largest absolute Gasteiger partial charge is 0.398 e. The number of rotatable bonds is 4. The van der Waals surface area contributed by atoms with Crippen LogP contribution in [0, 0.1) is 12.3 Å². The number of hydrogen-bond donors (Lipinski definition) is 2. The second-order valence-electron chi connectivity index (χ2n) is 4.03. The maximum Gasteiger partial charge on any atom is 0.0794 e. The number of nitrogen functional groups attached to an aromatic ring is 1. The molecule has 0 aliphatic carbocycles. The minimum atomic E-state index is 0.680. The van der Waals surface area contributed by atoms with Gasteiger partial charge in [0.25, 0.3) is 0 Å². The first-order valence-electron chi connectivity index (χ1n) is 5.47. The summed E-state index contributed by atoms with van der Waals surface area (Å²) in [4.78, 5) is 4.27. The van der Waals surface area contributed by atoms with Crippen molar-refractivity contribution in [2.75, 3.05) is 5.73 Å². The molecule has 0 aliphatic heterocycles. The average molecular weight is 245 g/mol. The third kappa shape index (κ3) is 2.71. The van der Waals surface area contributed by atoms with Crippen molar-refractivity contribution in [3.8, 4) is 0 Å². The van der Waals surface area contributed by atoms with E-state index in [1.165, 1.54) is 17.3 Å². The molecule has 0 atom stereocenters. The standard InChI is InChI=1S/C13H15N3S/c1-9-4-11(6-14)13(15)5-10(9)2-3-12-7-17-8-16-12/h4-8,14H,2-3,15H2,1H3. The van der Waals surface area contributed by atoms with Crippen LogP contribution in [0.25, 0.3) is 0 Å². The van der Waals surface area contributed by atoms with E-state index in [1.807, 2.05) is 17.6 Å². The number of nitrogens with one attached hydrogen (secondary N) is 1. The van der Waals surface area contributed by atoms with E-state index in [2.05, 4.69) is 17.3 Å². The Kier molecular flexibility index (Phi) is 3.54. The molecule has 3 N–H and O–H groups in total. The van der Waals surface area contributed by atoms with E-state index in [1.54, 1.807) is 11.3 Å². The Balaban J connectivity index is 2.16. The summed E-state index contributed by atoms with van der Waals surface area (Å²) in [5.41, 5.74) is 12.8. The SMILES string of the molecule is Cc1cc(C=N)c(N)cc1CCc1cscn1. The van der Waals surface area contributed by atoms with Gasteiger partial charge in [0.05, 0.1) is 11.2 Å². The van der Waals surface area contributed by atoms with Crippen LogP contribution in [-0.2, 0) is 12.8 Å². The van der Waals surface area contributed by atoms with Gasteiger partial charge in [0.1, 0.15) is 0 Å². The summed E-state index contributed by atoms with van der Waals surface area (Å²) >= 11 is 1.62. The predicted octanol–water partition coefficient (Wildman–Crippen LogP) is 2.82. The quantitative estimate of drug-likeness (QED) is 0.642. The molecule has 0 fully saturated rings. The van der Waals surface area contributed by atoms with Crippen LogP contribution in [0.2, 0.25) is 0 Å². The number of anilines is 1. The van der Waals surface area contributed by atoms with Gasteiger partial charge in [-0.1, -0.05) is 0 Å². The van der Waals surface area contributed by atoms with Crippen molar-refractivity contribution < 1.29 is 0 Å². The zero-order valence-corrected chi connectivity index (χ0v) is 10.6. The molecule has 0 aliphatic rings. The molecule has 0 radical (unpaired) electrons. The number of nitrogens with zero attached hydrogens (tertiary/aromatic N) is 1. The molecular weight excluding hydrogens is 230 g/mol. The zero-order chi connectivity index (χ0) is 12.3. The first kappa shape index (κ1) is 11.8. The highest BCUT2D eigenvalue weighted by Gasteiger charge is 2.04. The molecule has 1 aromatic carbocycles. The van der Waals surface area contributed by atoms with Crippen LogP contribution in [-0.4, -0.2) is 11.2 Å². The van der Waals surface area contributed by atoms with Gasteiger partial charge in [-0.2, -0.15) is 0 Å².